The molecule has 0 aliphatic carbocycles. The van der Waals surface area contributed by atoms with Gasteiger partial charge in [-0.25, -0.2) is 18.9 Å². The maximum absolute atomic E-state index is 11.6. The third-order valence-electron chi connectivity index (χ3n) is 6.35. The molecule has 2 saturated heterocycles. The molecule has 4 aliphatic heterocycles. The highest BCUT2D eigenvalue weighted by Crippen LogP contribution is 2.39. The molecule has 5 heterocycles. The van der Waals surface area contributed by atoms with Crippen LogP contribution in [0.4, 0.5) is 5.82 Å². The Hall–Kier alpha value is -2.86. The van der Waals surface area contributed by atoms with Crippen LogP contribution < -0.4 is 11.4 Å². The van der Waals surface area contributed by atoms with E-state index in [4.69, 9.17) is 34.8 Å². The zero-order chi connectivity index (χ0) is 32.6. The van der Waals surface area contributed by atoms with Crippen LogP contribution in [0.1, 0.15) is 6.23 Å². The van der Waals surface area contributed by atoms with Gasteiger partial charge in [0.25, 0.3) is 5.91 Å². The van der Waals surface area contributed by atoms with E-state index in [0.717, 1.165) is 10.9 Å². The van der Waals surface area contributed by atoms with E-state index in [-0.39, 0.29) is 11.7 Å². The predicted octanol–water partition coefficient (Wildman–Crippen LogP) is -5.22. The second kappa shape index (κ2) is 13.2. The van der Waals surface area contributed by atoms with Gasteiger partial charge in [-0.1, -0.05) is 0 Å². The second-order valence-electron chi connectivity index (χ2n) is 9.35. The number of nitrogens with zero attached hydrogens (tertiary/aromatic N) is 6. The topological polar surface area (TPSA) is 351 Å². The highest BCUT2D eigenvalue weighted by atomic mass is 31.2. The van der Waals surface area contributed by atoms with Crippen molar-refractivity contribution in [3.63, 3.8) is 0 Å². The Bertz CT molecular complexity index is 1480. The number of ether oxygens (including phenoxy) is 2. The summed E-state index contributed by atoms with van der Waals surface area (Å²) in [4.78, 5) is 73.8. The lowest BCUT2D eigenvalue weighted by Crippen LogP contribution is -2.48. The van der Waals surface area contributed by atoms with E-state index in [1.54, 1.807) is 0 Å². The van der Waals surface area contributed by atoms with Crippen LogP contribution in [0.25, 0.3) is 0 Å². The summed E-state index contributed by atoms with van der Waals surface area (Å²) in [6, 6.07) is 0.363. The molecule has 5 rings (SSSR count). The van der Waals surface area contributed by atoms with Gasteiger partial charge < -0.3 is 55.2 Å². The summed E-state index contributed by atoms with van der Waals surface area (Å²) < 4.78 is 41.3. The Morgan fingerprint density at radius 2 is 1.43 bits per heavy atom. The zero-order valence-electron chi connectivity index (χ0n) is 21.9. The fraction of sp³-hybridized carbons (Fsp3) is 0.579. The van der Waals surface area contributed by atoms with Crippen LogP contribution in [0.5, 0.6) is 0 Å². The third kappa shape index (κ3) is 7.85. The third-order valence-corrected chi connectivity index (χ3v) is 7.32. The van der Waals surface area contributed by atoms with Crippen LogP contribution >= 0.6 is 15.6 Å². The van der Waals surface area contributed by atoms with Gasteiger partial charge in [0.15, 0.2) is 18.5 Å². The molecule has 244 valence electrons. The molecule has 4 aliphatic rings. The molecular formula is C19H27N7O16P2. The number of nitrogen functional groups attached to an aromatic ring is 1. The monoisotopic (exact) mass is 671 g/mol. The Morgan fingerprint density at radius 3 is 1.98 bits per heavy atom. The van der Waals surface area contributed by atoms with Crippen molar-refractivity contribution in [1.29, 1.82) is 0 Å². The molecule has 0 spiro atoms. The number of rotatable bonds is 8. The first-order chi connectivity index (χ1) is 20.5. The molecule has 1 aromatic heterocycles. The first-order valence-electron chi connectivity index (χ1n) is 12.2. The van der Waals surface area contributed by atoms with E-state index in [1.165, 1.54) is 23.5 Å². The fourth-order valence-electron chi connectivity index (χ4n) is 4.28. The van der Waals surface area contributed by atoms with Gasteiger partial charge in [-0.15, -0.1) is 0 Å². The van der Waals surface area contributed by atoms with Gasteiger partial charge in [-0.3, -0.25) is 28.3 Å². The van der Waals surface area contributed by atoms with Crippen LogP contribution in [0.3, 0.4) is 0 Å². The summed E-state index contributed by atoms with van der Waals surface area (Å²) in [5.41, 5.74) is 4.52. The smallest absolute Gasteiger partial charge is 0.387 e. The van der Waals surface area contributed by atoms with E-state index >= 15 is 0 Å². The van der Waals surface area contributed by atoms with Crippen LogP contribution in [0.2, 0.25) is 0 Å². The van der Waals surface area contributed by atoms with Crippen molar-refractivity contribution in [2.75, 3.05) is 18.9 Å². The highest BCUT2D eigenvalue weighted by Gasteiger charge is 2.50. The number of aromatic nitrogens is 2. The molecule has 0 bridgehead atoms. The van der Waals surface area contributed by atoms with Gasteiger partial charge in [0.05, 0.1) is 19.6 Å². The Morgan fingerprint density at radius 1 is 0.886 bits per heavy atom. The van der Waals surface area contributed by atoms with Crippen molar-refractivity contribution in [2.24, 2.45) is 15.0 Å². The lowest BCUT2D eigenvalue weighted by atomic mass is 10.1. The number of amidine groups is 1. The van der Waals surface area contributed by atoms with Crippen LogP contribution in [0.15, 0.2) is 32.0 Å². The van der Waals surface area contributed by atoms with Gasteiger partial charge in [0, 0.05) is 6.20 Å². The zero-order valence-corrected chi connectivity index (χ0v) is 23.7. The number of carbonyl (C=O) groups is 1. The number of hydrogen-bond donors (Lipinski definition) is 9. The molecule has 23 nitrogen and oxygen atoms in total. The van der Waals surface area contributed by atoms with E-state index in [2.05, 4.69) is 29.0 Å². The summed E-state index contributed by atoms with van der Waals surface area (Å²) >= 11 is 0. The Balaban J connectivity index is 0.000000202. The van der Waals surface area contributed by atoms with E-state index in [1.807, 2.05) is 0 Å². The van der Waals surface area contributed by atoms with Crippen molar-refractivity contribution in [3.8, 4) is 0 Å². The molecule has 1 amide bonds. The second-order valence-corrected chi connectivity index (χ2v) is 11.8. The molecule has 1 aromatic rings. The van der Waals surface area contributed by atoms with Crippen LogP contribution in [0, 0.1) is 0 Å². The quantitative estimate of drug-likeness (QED) is 0.117. The Kier molecular flexibility index (Phi) is 10.2. The van der Waals surface area contributed by atoms with Gasteiger partial charge in [0.1, 0.15) is 54.6 Å². The Labute approximate surface area is 245 Å². The number of fused-ring (bicyclic) bond motifs is 1. The number of aliphatic imine (C=N–C) groups is 3. The van der Waals surface area contributed by atoms with Crippen molar-refractivity contribution in [2.45, 2.75) is 55.1 Å². The SMILES string of the molecule is Nc1ccn([C@@H]2O[C@H](COP(=O)(O)O)[C@@H](O)[C@H]2O)c(=O)n1.O=C1N=CN=C2C1N=CN2[C@@H]1O[C@H](COP(=O)(O)O)[C@@H](O)[C@H]1O. The minimum atomic E-state index is -4.74. The molecular weight excluding hydrogens is 644 g/mol. The largest absolute Gasteiger partial charge is 0.469 e. The molecule has 2 fully saturated rings. The maximum Gasteiger partial charge on any atom is 0.469 e. The van der Waals surface area contributed by atoms with Gasteiger partial charge in [0.2, 0.25) is 0 Å². The first-order valence-corrected chi connectivity index (χ1v) is 15.3. The minimum Gasteiger partial charge on any atom is -0.387 e. The number of nitrogens with two attached hydrogens (primary N) is 1. The number of aliphatic hydroxyl groups is 4. The normalized spacial score (nSPS) is 33.3. The number of hydrogen-bond acceptors (Lipinski definition) is 17. The molecule has 10 N–H and O–H groups in total. The molecule has 0 saturated carbocycles. The molecule has 0 radical (unpaired) electrons. The number of phosphoric ester groups is 2. The summed E-state index contributed by atoms with van der Waals surface area (Å²) in [5.74, 6) is -0.369. The predicted molar refractivity (Wildman–Crippen MR) is 141 cm³/mol. The molecule has 25 heteroatoms. The van der Waals surface area contributed by atoms with Gasteiger partial charge in [-0.2, -0.15) is 9.98 Å². The molecule has 0 aromatic carbocycles. The van der Waals surface area contributed by atoms with Crippen molar-refractivity contribution in [3.05, 3.63) is 22.7 Å². The lowest BCUT2D eigenvalue weighted by Gasteiger charge is -2.26. The number of amides is 1. The van der Waals surface area contributed by atoms with Gasteiger partial charge >= 0.3 is 21.3 Å². The van der Waals surface area contributed by atoms with E-state index in [0.29, 0.717) is 0 Å². The van der Waals surface area contributed by atoms with E-state index in [9.17, 15) is 39.1 Å². The summed E-state index contributed by atoms with van der Waals surface area (Å²) in [6.45, 7) is -1.28. The fourth-order valence-corrected chi connectivity index (χ4v) is 4.96. The van der Waals surface area contributed by atoms with E-state index < -0.39 is 95.6 Å². The molecule has 44 heavy (non-hydrogen) atoms. The highest BCUT2D eigenvalue weighted by molar-refractivity contribution is 7.46. The number of anilines is 1. The summed E-state index contributed by atoms with van der Waals surface area (Å²) in [5, 5.41) is 39.6. The number of aliphatic hydroxyl groups excluding tert-OH is 4. The van der Waals surface area contributed by atoms with Crippen LogP contribution in [-0.2, 0) is 32.4 Å². The number of phosphoric acid groups is 2. The summed E-state index contributed by atoms with van der Waals surface area (Å²) in [6.07, 6.45) is -7.19. The number of carbonyl (C=O) groups excluding carboxylic acids is 1. The van der Waals surface area contributed by atoms with Crippen molar-refractivity contribution in [1.82, 2.24) is 14.5 Å². The van der Waals surface area contributed by atoms with Crippen LogP contribution in [-0.4, -0.2) is 141 Å². The average Bonchev–Trinajstić information content (AvgIpc) is 3.57. The lowest BCUT2D eigenvalue weighted by molar-refractivity contribution is -0.117. The average molecular weight is 671 g/mol. The van der Waals surface area contributed by atoms with Crippen molar-refractivity contribution < 1.29 is 72.4 Å². The summed E-state index contributed by atoms with van der Waals surface area (Å²) in [7, 11) is -9.48. The molecule has 1 unspecified atom stereocenters. The van der Waals surface area contributed by atoms with Gasteiger partial charge in [-0.05, 0) is 6.07 Å². The maximum atomic E-state index is 11.6. The first kappa shape index (κ1) is 34.0. The minimum absolute atomic E-state index is 0.0225. The standard InChI is InChI=1S/C10H13N4O8P.C9H14N3O8P/c15-6-4(1-21-23(18,19)20)22-10(7(6)16)14-3-13-5-8(14)11-2-12-9(5)17;10-5-1-2-12(9(15)11-5)8-7(14)6(13)4(20-8)3-19-21(16,17)18/h2-7,10,15-16H,1H2,(H2,18,19,20);1-2,4,6-8,13-14H,3H2,(H2,10,11,15)(H2,16,17,18)/t4-,5?,6-,7-,10-;4-,6-,7-,8-/m11/s1. The molecule has 9 atom stereocenters. The van der Waals surface area contributed by atoms with Crippen molar-refractivity contribution >= 4 is 45.9 Å².